The first-order valence-corrected chi connectivity index (χ1v) is 2.13. The molecule has 0 rings (SSSR count). The summed E-state index contributed by atoms with van der Waals surface area (Å²) < 4.78 is -0.197. The molecule has 0 aliphatic heterocycles. The van der Waals surface area contributed by atoms with Crippen molar-refractivity contribution >= 4 is 30.4 Å². The molecule has 1 nitrogen and oxygen atoms in total. The van der Waals surface area contributed by atoms with Gasteiger partial charge in [-0.05, 0) is 0 Å². The monoisotopic (exact) mass is 167 g/mol. The predicted octanol–water partition coefficient (Wildman–Crippen LogP) is -0.168. The first kappa shape index (κ1) is 4.75. The highest BCUT2D eigenvalue weighted by Gasteiger charge is 1.70. The van der Waals surface area contributed by atoms with E-state index in [1.54, 1.807) is 0 Å². The molecule has 0 saturated carbocycles. The van der Waals surface area contributed by atoms with Crippen LogP contribution in [0.3, 0.4) is 0 Å². The quantitative estimate of drug-likeness (QED) is 0.230. The molecule has 1 unspecified atom stereocenters. The van der Waals surface area contributed by atoms with E-state index in [4.69, 9.17) is 13.6 Å². The van der Waals surface area contributed by atoms with E-state index in [0.717, 1.165) is 0 Å². The molecule has 0 fully saturated rings. The minimum Gasteiger partial charge on any atom is -0.327 e. The molecule has 0 aromatic rings. The average molecular weight is 167 g/mol. The van der Waals surface area contributed by atoms with Crippen LogP contribution in [0.2, 0.25) is 0 Å². The van der Waals surface area contributed by atoms with Gasteiger partial charge in [0.25, 0.3) is 0 Å². The van der Waals surface area contributed by atoms with Crippen LogP contribution >= 0.6 is 22.6 Å². The van der Waals surface area contributed by atoms with Gasteiger partial charge in [-0.25, -0.2) is 0 Å². The van der Waals surface area contributed by atoms with E-state index in [2.05, 4.69) is 0 Å². The largest absolute Gasteiger partial charge is 0.327 e. The second-order valence-electron chi connectivity index (χ2n) is 0.444. The summed E-state index contributed by atoms with van der Waals surface area (Å²) in [4.78, 5) is 0. The van der Waals surface area contributed by atoms with Crippen LogP contribution in [0.1, 0.15) is 0 Å². The fraction of sp³-hybridized carbons (Fsp3) is 1.00. The fourth-order valence-corrected chi connectivity index (χ4v) is 0. The molecule has 1 atom stereocenters. The van der Waals surface area contributed by atoms with Crippen LogP contribution in [0.15, 0.2) is 0 Å². The van der Waals surface area contributed by atoms with Crippen LogP contribution in [0, 0.1) is 0 Å². The van der Waals surface area contributed by atoms with E-state index in [1.165, 1.54) is 0 Å². The maximum Gasteiger partial charge on any atom is 0.105 e. The van der Waals surface area contributed by atoms with Crippen molar-refractivity contribution in [2.45, 2.75) is 3.95 Å². The molecular weight excluding hydrogens is 164 g/mol. The molecule has 0 bridgehead atoms. The van der Waals surface area contributed by atoms with Crippen LogP contribution in [0.5, 0.6) is 0 Å². The molecule has 0 aromatic heterocycles. The Labute approximate surface area is 40.5 Å². The minimum atomic E-state index is -0.197. The third-order valence-electron chi connectivity index (χ3n) is 0. The van der Waals surface area contributed by atoms with Crippen LogP contribution < -0.4 is 5.73 Å². The Morgan fingerprint density at radius 1 is 2.00 bits per heavy atom. The lowest BCUT2D eigenvalue weighted by atomic mass is 10.2. The standard InChI is InChI=1S/CH3BIN/c2-1(3)4/h1H,4H2. The van der Waals surface area contributed by atoms with Crippen molar-refractivity contribution in [2.24, 2.45) is 5.73 Å². The van der Waals surface area contributed by atoms with Crippen molar-refractivity contribution in [1.82, 2.24) is 0 Å². The summed E-state index contributed by atoms with van der Waals surface area (Å²) in [6.45, 7) is 0. The lowest BCUT2D eigenvalue weighted by Crippen LogP contribution is -2.08. The Balaban J connectivity index is 2.32. The SMILES string of the molecule is [B]C(N)I. The molecule has 3 heteroatoms. The Hall–Kier alpha value is 0.755. The molecule has 0 heterocycles. The Morgan fingerprint density at radius 2 is 2.00 bits per heavy atom. The van der Waals surface area contributed by atoms with Crippen molar-refractivity contribution in [1.29, 1.82) is 0 Å². The van der Waals surface area contributed by atoms with E-state index in [-0.39, 0.29) is 3.95 Å². The Bertz CT molecular complexity index is 12.8. The van der Waals surface area contributed by atoms with Gasteiger partial charge in [-0.15, -0.1) is 0 Å². The first-order chi connectivity index (χ1) is 1.73. The third-order valence-corrected chi connectivity index (χ3v) is 0. The summed E-state index contributed by atoms with van der Waals surface area (Å²) in [7, 11) is 4.88. The van der Waals surface area contributed by atoms with Gasteiger partial charge < -0.3 is 5.73 Å². The normalized spacial score (nSPS) is 15.5. The van der Waals surface area contributed by atoms with Gasteiger partial charge in [0.15, 0.2) is 0 Å². The van der Waals surface area contributed by atoms with E-state index in [0.29, 0.717) is 0 Å². The smallest absolute Gasteiger partial charge is 0.105 e. The molecule has 0 saturated heterocycles. The summed E-state index contributed by atoms with van der Waals surface area (Å²) in [6.07, 6.45) is 0. The topological polar surface area (TPSA) is 26.0 Å². The number of rotatable bonds is 0. The zero-order valence-corrected chi connectivity index (χ0v) is 4.27. The molecule has 0 amide bonds. The summed E-state index contributed by atoms with van der Waals surface area (Å²) in [5.41, 5.74) is 4.88. The molecule has 0 aliphatic carbocycles. The number of halogens is 1. The Morgan fingerprint density at radius 3 is 2.00 bits per heavy atom. The number of nitrogens with two attached hydrogens (primary N) is 1. The van der Waals surface area contributed by atoms with Crippen molar-refractivity contribution in [3.63, 3.8) is 0 Å². The molecule has 2 radical (unpaired) electrons. The van der Waals surface area contributed by atoms with Gasteiger partial charge in [0.05, 0.1) is 0 Å². The van der Waals surface area contributed by atoms with Crippen LogP contribution in [0.25, 0.3) is 0 Å². The summed E-state index contributed by atoms with van der Waals surface area (Å²) in [5, 5.41) is 0. The van der Waals surface area contributed by atoms with Gasteiger partial charge in [-0.1, -0.05) is 22.6 Å². The van der Waals surface area contributed by atoms with Crippen LogP contribution in [0.4, 0.5) is 0 Å². The highest BCUT2D eigenvalue weighted by molar-refractivity contribution is 14.1. The fourth-order valence-electron chi connectivity index (χ4n) is 0. The van der Waals surface area contributed by atoms with E-state index in [9.17, 15) is 0 Å². The molecule has 0 spiro atoms. The van der Waals surface area contributed by atoms with Gasteiger partial charge in [-0.2, -0.15) is 0 Å². The molecule has 4 heavy (non-hydrogen) atoms. The lowest BCUT2D eigenvalue weighted by Gasteiger charge is -1.78. The van der Waals surface area contributed by atoms with E-state index < -0.39 is 0 Å². The maximum absolute atomic E-state index is 4.88. The maximum atomic E-state index is 4.88. The summed E-state index contributed by atoms with van der Waals surface area (Å²) >= 11 is 1.90. The van der Waals surface area contributed by atoms with Crippen molar-refractivity contribution in [2.75, 3.05) is 0 Å². The lowest BCUT2D eigenvalue weighted by molar-refractivity contribution is 1.34. The third kappa shape index (κ3) is 14.9. The molecule has 0 aliphatic rings. The van der Waals surface area contributed by atoms with Gasteiger partial charge >= 0.3 is 0 Å². The minimum absolute atomic E-state index is 0.197. The highest BCUT2D eigenvalue weighted by Crippen LogP contribution is 1.76. The van der Waals surface area contributed by atoms with Gasteiger partial charge in [0.2, 0.25) is 0 Å². The Kier molecular flexibility index (Phi) is 2.40. The van der Waals surface area contributed by atoms with Gasteiger partial charge in [-0.3, -0.25) is 0 Å². The second-order valence-corrected chi connectivity index (χ2v) is 1.88. The second kappa shape index (κ2) is 2.02. The summed E-state index contributed by atoms with van der Waals surface area (Å²) in [6, 6.07) is 0. The van der Waals surface area contributed by atoms with E-state index in [1.807, 2.05) is 22.6 Å². The number of alkyl halides is 1. The zero-order chi connectivity index (χ0) is 3.58. The van der Waals surface area contributed by atoms with Crippen molar-refractivity contribution in [3.8, 4) is 0 Å². The van der Waals surface area contributed by atoms with Crippen molar-refractivity contribution < 1.29 is 0 Å². The molecular formula is CH3BIN. The molecule has 22 valence electrons. The van der Waals surface area contributed by atoms with E-state index >= 15 is 0 Å². The number of hydrogen-bond donors (Lipinski definition) is 1. The zero-order valence-electron chi connectivity index (χ0n) is 2.11. The average Bonchev–Trinajstić information content (AvgIpc) is 0.811. The number of hydrogen-bond acceptors (Lipinski definition) is 1. The van der Waals surface area contributed by atoms with Crippen molar-refractivity contribution in [3.05, 3.63) is 0 Å². The van der Waals surface area contributed by atoms with Crippen LogP contribution in [-0.4, -0.2) is 11.8 Å². The predicted molar refractivity (Wildman–Crippen MR) is 27.7 cm³/mol. The van der Waals surface area contributed by atoms with Crippen LogP contribution in [-0.2, 0) is 0 Å². The summed E-state index contributed by atoms with van der Waals surface area (Å²) in [5.74, 6) is 0. The van der Waals surface area contributed by atoms with Gasteiger partial charge in [0.1, 0.15) is 7.85 Å². The van der Waals surface area contributed by atoms with Gasteiger partial charge in [0, 0.05) is 3.95 Å². The highest BCUT2D eigenvalue weighted by atomic mass is 127. The first-order valence-electron chi connectivity index (χ1n) is 0.885. The molecule has 2 N–H and O–H groups in total. The molecule has 0 aromatic carbocycles.